The number of anilines is 1. The number of benzene rings is 3. The Hall–Kier alpha value is -3.12. The highest BCUT2D eigenvalue weighted by Gasteiger charge is 2.22. The van der Waals surface area contributed by atoms with Gasteiger partial charge >= 0.3 is 0 Å². The number of nitrogens with one attached hydrogen (secondary N) is 1. The first kappa shape index (κ1) is 22.1. The maximum atomic E-state index is 13.3. The van der Waals surface area contributed by atoms with Gasteiger partial charge in [-0.2, -0.15) is 0 Å². The number of imidazole rings is 1. The van der Waals surface area contributed by atoms with Crippen molar-refractivity contribution < 1.29 is 8.42 Å². The molecule has 0 aliphatic rings. The van der Waals surface area contributed by atoms with Gasteiger partial charge in [-0.25, -0.2) is 13.4 Å². The van der Waals surface area contributed by atoms with Crippen molar-refractivity contribution in [2.45, 2.75) is 45.4 Å². The third kappa shape index (κ3) is 4.15. The first-order valence-electron chi connectivity index (χ1n) is 10.8. The maximum Gasteiger partial charge on any atom is 0.262 e. The molecule has 0 amide bonds. The predicted molar refractivity (Wildman–Crippen MR) is 131 cm³/mol. The van der Waals surface area contributed by atoms with Gasteiger partial charge in [0, 0.05) is 19.2 Å². The standard InChI is InChI=1S/C26H29N3O2S/c1-17-15-18(2)20(4)26(19(17)3)32(30,31)28-22-10-8-9-21(16-22)13-14-25-27-23-11-6-7-12-24(23)29(25)5/h6-12,15-16,28H,13-14H2,1-5H3. The van der Waals surface area contributed by atoms with Crippen molar-refractivity contribution in [3.05, 3.63) is 88.2 Å². The number of hydrogen-bond acceptors (Lipinski definition) is 3. The molecule has 3 aromatic carbocycles. The van der Waals surface area contributed by atoms with E-state index in [0.29, 0.717) is 10.6 Å². The van der Waals surface area contributed by atoms with Gasteiger partial charge in [0.25, 0.3) is 10.0 Å². The van der Waals surface area contributed by atoms with Crippen LogP contribution in [0.1, 0.15) is 33.6 Å². The number of rotatable bonds is 6. The van der Waals surface area contributed by atoms with Gasteiger partial charge in [-0.1, -0.05) is 30.3 Å². The topological polar surface area (TPSA) is 64.0 Å². The third-order valence-corrected chi connectivity index (χ3v) is 7.92. The lowest BCUT2D eigenvalue weighted by atomic mass is 10.0. The summed E-state index contributed by atoms with van der Waals surface area (Å²) in [6.07, 6.45) is 1.55. The van der Waals surface area contributed by atoms with Crippen LogP contribution in [0.2, 0.25) is 0 Å². The zero-order chi connectivity index (χ0) is 23.0. The summed E-state index contributed by atoms with van der Waals surface area (Å²) in [7, 11) is -1.66. The quantitative estimate of drug-likeness (QED) is 0.431. The molecule has 0 spiro atoms. The normalized spacial score (nSPS) is 11.8. The van der Waals surface area contributed by atoms with Gasteiger partial charge in [-0.15, -0.1) is 0 Å². The molecule has 0 unspecified atom stereocenters. The second-order valence-electron chi connectivity index (χ2n) is 8.47. The highest BCUT2D eigenvalue weighted by molar-refractivity contribution is 7.92. The van der Waals surface area contributed by atoms with Gasteiger partial charge in [0.2, 0.25) is 0 Å². The van der Waals surface area contributed by atoms with E-state index in [0.717, 1.165) is 57.5 Å². The Kier molecular flexibility index (Phi) is 5.82. The first-order valence-corrected chi connectivity index (χ1v) is 12.2. The van der Waals surface area contributed by atoms with Crippen LogP contribution in [0.25, 0.3) is 11.0 Å². The minimum atomic E-state index is -3.69. The van der Waals surface area contributed by atoms with E-state index in [4.69, 9.17) is 4.98 Å². The zero-order valence-corrected chi connectivity index (χ0v) is 20.0. The van der Waals surface area contributed by atoms with Crippen LogP contribution in [0.15, 0.2) is 59.5 Å². The Balaban J connectivity index is 1.56. The molecule has 0 aliphatic heterocycles. The molecule has 166 valence electrons. The van der Waals surface area contributed by atoms with Crippen LogP contribution in [0.3, 0.4) is 0 Å². The fourth-order valence-electron chi connectivity index (χ4n) is 4.26. The van der Waals surface area contributed by atoms with Crippen molar-refractivity contribution in [2.75, 3.05) is 4.72 Å². The lowest BCUT2D eigenvalue weighted by molar-refractivity contribution is 0.599. The Bertz CT molecular complexity index is 1390. The van der Waals surface area contributed by atoms with E-state index < -0.39 is 10.0 Å². The summed E-state index contributed by atoms with van der Waals surface area (Å²) < 4.78 is 31.4. The Morgan fingerprint density at radius 3 is 2.25 bits per heavy atom. The molecule has 0 fully saturated rings. The van der Waals surface area contributed by atoms with Crippen LogP contribution >= 0.6 is 0 Å². The number of hydrogen-bond donors (Lipinski definition) is 1. The van der Waals surface area contributed by atoms with Crippen LogP contribution in [0.5, 0.6) is 0 Å². The van der Waals surface area contributed by atoms with E-state index >= 15 is 0 Å². The number of sulfonamides is 1. The number of aryl methyl sites for hydroxylation is 5. The van der Waals surface area contributed by atoms with Gasteiger partial charge in [0.15, 0.2) is 0 Å². The van der Waals surface area contributed by atoms with E-state index in [1.54, 1.807) is 6.07 Å². The van der Waals surface area contributed by atoms with Gasteiger partial charge in [-0.05, 0) is 86.2 Å². The molecular formula is C26H29N3O2S. The van der Waals surface area contributed by atoms with Crippen LogP contribution in [0, 0.1) is 27.7 Å². The summed E-state index contributed by atoms with van der Waals surface area (Å²) in [6, 6.07) is 17.7. The number of para-hydroxylation sites is 2. The van der Waals surface area contributed by atoms with Crippen LogP contribution < -0.4 is 4.72 Å². The summed E-state index contributed by atoms with van der Waals surface area (Å²) >= 11 is 0. The van der Waals surface area contributed by atoms with Gasteiger partial charge in [-0.3, -0.25) is 4.72 Å². The Morgan fingerprint density at radius 2 is 1.56 bits per heavy atom. The second kappa shape index (κ2) is 8.43. The summed E-state index contributed by atoms with van der Waals surface area (Å²) in [4.78, 5) is 5.11. The van der Waals surface area contributed by atoms with Crippen LogP contribution in [-0.4, -0.2) is 18.0 Å². The molecule has 4 aromatic rings. The molecule has 0 saturated carbocycles. The monoisotopic (exact) mass is 447 g/mol. The van der Waals surface area contributed by atoms with Crippen molar-refractivity contribution in [2.24, 2.45) is 7.05 Å². The summed E-state index contributed by atoms with van der Waals surface area (Å²) in [5.74, 6) is 1.01. The van der Waals surface area contributed by atoms with E-state index in [-0.39, 0.29) is 0 Å². The van der Waals surface area contributed by atoms with E-state index in [2.05, 4.69) is 15.4 Å². The Labute approximate surface area is 190 Å². The minimum Gasteiger partial charge on any atom is -0.331 e. The average Bonchev–Trinajstić information content (AvgIpc) is 3.06. The molecule has 1 N–H and O–H groups in total. The summed E-state index contributed by atoms with van der Waals surface area (Å²) in [6.45, 7) is 7.62. The van der Waals surface area contributed by atoms with Crippen molar-refractivity contribution >= 4 is 26.7 Å². The number of aromatic nitrogens is 2. The van der Waals surface area contributed by atoms with E-state index in [1.807, 2.05) is 77.2 Å². The highest BCUT2D eigenvalue weighted by atomic mass is 32.2. The maximum absolute atomic E-state index is 13.3. The van der Waals surface area contributed by atoms with Crippen molar-refractivity contribution in [1.29, 1.82) is 0 Å². The summed E-state index contributed by atoms with van der Waals surface area (Å²) in [5, 5.41) is 0. The van der Waals surface area contributed by atoms with Gasteiger partial charge < -0.3 is 4.57 Å². The van der Waals surface area contributed by atoms with Crippen molar-refractivity contribution in [3.8, 4) is 0 Å². The van der Waals surface area contributed by atoms with E-state index in [1.165, 1.54) is 0 Å². The number of fused-ring (bicyclic) bond motifs is 1. The molecule has 0 aliphatic carbocycles. The van der Waals surface area contributed by atoms with Gasteiger partial charge in [0.1, 0.15) is 5.82 Å². The lowest BCUT2D eigenvalue weighted by Gasteiger charge is -2.17. The van der Waals surface area contributed by atoms with Crippen LogP contribution in [0.4, 0.5) is 5.69 Å². The third-order valence-electron chi connectivity index (χ3n) is 6.26. The smallest absolute Gasteiger partial charge is 0.262 e. The molecule has 0 atom stereocenters. The molecule has 5 nitrogen and oxygen atoms in total. The average molecular weight is 448 g/mol. The molecule has 0 radical (unpaired) electrons. The molecule has 4 rings (SSSR count). The molecule has 1 aromatic heterocycles. The second-order valence-corrected chi connectivity index (χ2v) is 10.1. The summed E-state index contributed by atoms with van der Waals surface area (Å²) in [5.41, 5.74) is 7.28. The highest BCUT2D eigenvalue weighted by Crippen LogP contribution is 2.28. The van der Waals surface area contributed by atoms with Crippen molar-refractivity contribution in [3.63, 3.8) is 0 Å². The minimum absolute atomic E-state index is 0.375. The molecule has 1 heterocycles. The molecule has 32 heavy (non-hydrogen) atoms. The fraction of sp³-hybridized carbons (Fsp3) is 0.269. The number of nitrogens with zero attached hydrogens (tertiary/aromatic N) is 2. The fourth-order valence-corrected chi connectivity index (χ4v) is 5.92. The van der Waals surface area contributed by atoms with E-state index in [9.17, 15) is 8.42 Å². The molecule has 0 bridgehead atoms. The SMILES string of the molecule is Cc1cc(C)c(C)c(S(=O)(=O)Nc2cccc(CCc3nc4ccccc4n3C)c2)c1C. The first-order chi connectivity index (χ1) is 15.2. The largest absolute Gasteiger partial charge is 0.331 e. The molecular weight excluding hydrogens is 418 g/mol. The van der Waals surface area contributed by atoms with Crippen LogP contribution in [-0.2, 0) is 29.9 Å². The zero-order valence-electron chi connectivity index (χ0n) is 19.2. The van der Waals surface area contributed by atoms with Crippen molar-refractivity contribution in [1.82, 2.24) is 9.55 Å². The molecule has 0 saturated heterocycles. The Morgan fingerprint density at radius 1 is 0.875 bits per heavy atom. The lowest BCUT2D eigenvalue weighted by Crippen LogP contribution is -2.17. The molecule has 6 heteroatoms. The van der Waals surface area contributed by atoms with Gasteiger partial charge in [0.05, 0.1) is 15.9 Å². The predicted octanol–water partition coefficient (Wildman–Crippen LogP) is 5.39.